The first-order valence-corrected chi connectivity index (χ1v) is 8.86. The summed E-state index contributed by atoms with van der Waals surface area (Å²) in [4.78, 5) is 27.6. The predicted octanol–water partition coefficient (Wildman–Crippen LogP) is 0.871. The summed E-state index contributed by atoms with van der Waals surface area (Å²) in [7, 11) is 2.01. The maximum absolute atomic E-state index is 12.5. The minimum atomic E-state index is -0.0583. The highest BCUT2D eigenvalue weighted by atomic mass is 16.5. The Morgan fingerprint density at radius 3 is 2.67 bits per heavy atom. The maximum Gasteiger partial charge on any atom is 0.274 e. The quantitative estimate of drug-likeness (QED) is 0.797. The van der Waals surface area contributed by atoms with Crippen molar-refractivity contribution in [2.24, 2.45) is 0 Å². The molecule has 24 heavy (non-hydrogen) atoms. The van der Waals surface area contributed by atoms with E-state index in [-0.39, 0.29) is 5.91 Å². The molecule has 0 saturated carbocycles. The average molecular weight is 333 g/mol. The summed E-state index contributed by atoms with van der Waals surface area (Å²) in [6.07, 6.45) is 7.23. The zero-order valence-electron chi connectivity index (χ0n) is 14.5. The highest BCUT2D eigenvalue weighted by Crippen LogP contribution is 2.12. The largest absolute Gasteiger partial charge is 0.378 e. The van der Waals surface area contributed by atoms with Crippen LogP contribution >= 0.6 is 0 Å². The van der Waals surface area contributed by atoms with Crippen LogP contribution in [0.1, 0.15) is 29.8 Å². The summed E-state index contributed by atoms with van der Waals surface area (Å²) in [5, 5.41) is 0. The van der Waals surface area contributed by atoms with E-state index in [4.69, 9.17) is 4.74 Å². The van der Waals surface area contributed by atoms with Crippen LogP contribution < -0.4 is 4.90 Å². The Morgan fingerprint density at radius 1 is 1.17 bits per heavy atom. The topological polar surface area (TPSA) is 61.8 Å². The Kier molecular flexibility index (Phi) is 5.98. The number of rotatable bonds is 5. The third kappa shape index (κ3) is 4.42. The van der Waals surface area contributed by atoms with Gasteiger partial charge in [-0.05, 0) is 25.9 Å². The molecular formula is C17H27N5O2. The van der Waals surface area contributed by atoms with Gasteiger partial charge in [-0.1, -0.05) is 6.42 Å². The predicted molar refractivity (Wildman–Crippen MR) is 92.3 cm³/mol. The number of piperidine rings is 1. The molecule has 2 fully saturated rings. The molecule has 1 amide bonds. The fourth-order valence-electron chi connectivity index (χ4n) is 3.16. The fraction of sp³-hybridized carbons (Fsp3) is 0.706. The molecule has 0 aromatic carbocycles. The third-order valence-corrected chi connectivity index (χ3v) is 4.73. The number of hydrogen-bond acceptors (Lipinski definition) is 6. The van der Waals surface area contributed by atoms with Gasteiger partial charge in [-0.25, -0.2) is 4.98 Å². The Hall–Kier alpha value is -1.73. The number of anilines is 1. The number of nitrogens with zero attached hydrogens (tertiary/aromatic N) is 5. The van der Waals surface area contributed by atoms with Gasteiger partial charge in [0.15, 0.2) is 0 Å². The molecule has 2 saturated heterocycles. The van der Waals surface area contributed by atoms with Gasteiger partial charge in [0.05, 0.1) is 25.6 Å². The first-order valence-electron chi connectivity index (χ1n) is 8.86. The van der Waals surface area contributed by atoms with E-state index >= 15 is 0 Å². The number of likely N-dealkylation sites (tertiary alicyclic amines) is 1. The van der Waals surface area contributed by atoms with Gasteiger partial charge in [-0.15, -0.1) is 0 Å². The van der Waals surface area contributed by atoms with Crippen LogP contribution in [0.25, 0.3) is 0 Å². The Labute approximate surface area is 143 Å². The van der Waals surface area contributed by atoms with Crippen molar-refractivity contribution in [1.29, 1.82) is 0 Å². The van der Waals surface area contributed by atoms with Crippen molar-refractivity contribution in [3.8, 4) is 0 Å². The SMILES string of the molecule is CN(CCN1CCCCC1)c1cncc(C(=O)N2CCOCC2)n1. The molecular weight excluding hydrogens is 306 g/mol. The summed E-state index contributed by atoms with van der Waals surface area (Å²) < 4.78 is 5.29. The maximum atomic E-state index is 12.5. The number of hydrogen-bond donors (Lipinski definition) is 0. The second-order valence-electron chi connectivity index (χ2n) is 6.49. The van der Waals surface area contributed by atoms with E-state index in [2.05, 4.69) is 19.8 Å². The van der Waals surface area contributed by atoms with Crippen molar-refractivity contribution in [2.75, 3.05) is 64.4 Å². The molecule has 2 aliphatic rings. The van der Waals surface area contributed by atoms with Crippen molar-refractivity contribution in [2.45, 2.75) is 19.3 Å². The first kappa shape index (κ1) is 17.1. The molecule has 1 aromatic heterocycles. The van der Waals surface area contributed by atoms with Gasteiger partial charge in [0.25, 0.3) is 5.91 Å². The van der Waals surface area contributed by atoms with Crippen molar-refractivity contribution >= 4 is 11.7 Å². The van der Waals surface area contributed by atoms with Gasteiger partial charge in [0.2, 0.25) is 0 Å². The van der Waals surface area contributed by atoms with Crippen LogP contribution in [-0.4, -0.2) is 85.2 Å². The van der Waals surface area contributed by atoms with Crippen LogP contribution in [0.4, 0.5) is 5.82 Å². The summed E-state index contributed by atoms with van der Waals surface area (Å²) in [6.45, 7) is 6.72. The van der Waals surface area contributed by atoms with Crippen molar-refractivity contribution in [3.05, 3.63) is 18.1 Å². The average Bonchev–Trinajstić information content (AvgIpc) is 2.67. The third-order valence-electron chi connectivity index (χ3n) is 4.73. The van der Waals surface area contributed by atoms with E-state index in [1.165, 1.54) is 32.4 Å². The summed E-state index contributed by atoms with van der Waals surface area (Å²) in [5.74, 6) is 0.697. The van der Waals surface area contributed by atoms with Crippen LogP contribution in [0.3, 0.4) is 0 Å². The van der Waals surface area contributed by atoms with E-state index < -0.39 is 0 Å². The molecule has 3 rings (SSSR count). The molecule has 132 valence electrons. The second kappa shape index (κ2) is 8.39. The van der Waals surface area contributed by atoms with E-state index in [9.17, 15) is 4.79 Å². The van der Waals surface area contributed by atoms with Crippen LogP contribution in [0, 0.1) is 0 Å². The molecule has 0 aliphatic carbocycles. The van der Waals surface area contributed by atoms with Gasteiger partial charge in [0, 0.05) is 33.2 Å². The molecule has 0 bridgehead atoms. The molecule has 2 aliphatic heterocycles. The lowest BCUT2D eigenvalue weighted by molar-refractivity contribution is 0.0299. The zero-order chi connectivity index (χ0) is 16.8. The number of likely N-dealkylation sites (N-methyl/N-ethyl adjacent to an activating group) is 1. The smallest absolute Gasteiger partial charge is 0.274 e. The Bertz CT molecular complexity index is 542. The minimum absolute atomic E-state index is 0.0583. The van der Waals surface area contributed by atoms with Crippen LogP contribution in [0.2, 0.25) is 0 Å². The number of amides is 1. The Balaban J connectivity index is 1.58. The molecule has 3 heterocycles. The van der Waals surface area contributed by atoms with Gasteiger partial charge in [0.1, 0.15) is 11.5 Å². The number of carbonyl (C=O) groups excluding carboxylic acids is 1. The standard InChI is InChI=1S/C17H27N5O2/c1-20(7-8-21-5-3-2-4-6-21)16-14-18-13-15(19-16)17(23)22-9-11-24-12-10-22/h13-14H,2-12H2,1H3. The highest BCUT2D eigenvalue weighted by Gasteiger charge is 2.21. The number of aromatic nitrogens is 2. The molecule has 1 aromatic rings. The molecule has 7 nitrogen and oxygen atoms in total. The lowest BCUT2D eigenvalue weighted by Crippen LogP contribution is -2.41. The van der Waals surface area contributed by atoms with Crippen LogP contribution in [0.15, 0.2) is 12.4 Å². The molecule has 0 spiro atoms. The Morgan fingerprint density at radius 2 is 1.92 bits per heavy atom. The normalized spacial score (nSPS) is 19.3. The first-order chi connectivity index (χ1) is 11.7. The number of carbonyl (C=O) groups is 1. The van der Waals surface area contributed by atoms with Crippen LogP contribution in [-0.2, 0) is 4.74 Å². The van der Waals surface area contributed by atoms with Crippen molar-refractivity contribution in [3.63, 3.8) is 0 Å². The summed E-state index contributed by atoms with van der Waals surface area (Å²) in [5.41, 5.74) is 0.416. The molecule has 0 radical (unpaired) electrons. The number of ether oxygens (including phenoxy) is 1. The molecule has 7 heteroatoms. The van der Waals surface area contributed by atoms with E-state index in [1.807, 2.05) is 7.05 Å². The molecule has 0 atom stereocenters. The van der Waals surface area contributed by atoms with Gasteiger partial charge in [-0.2, -0.15) is 0 Å². The van der Waals surface area contributed by atoms with E-state index in [0.717, 1.165) is 18.9 Å². The molecule has 0 unspecified atom stereocenters. The van der Waals surface area contributed by atoms with Gasteiger partial charge in [-0.3, -0.25) is 9.78 Å². The second-order valence-corrected chi connectivity index (χ2v) is 6.49. The number of morpholine rings is 1. The highest BCUT2D eigenvalue weighted by molar-refractivity contribution is 5.92. The summed E-state index contributed by atoms with van der Waals surface area (Å²) >= 11 is 0. The van der Waals surface area contributed by atoms with Gasteiger partial charge >= 0.3 is 0 Å². The summed E-state index contributed by atoms with van der Waals surface area (Å²) in [6, 6.07) is 0. The van der Waals surface area contributed by atoms with Crippen molar-refractivity contribution in [1.82, 2.24) is 19.8 Å². The monoisotopic (exact) mass is 333 g/mol. The van der Waals surface area contributed by atoms with Crippen LogP contribution in [0.5, 0.6) is 0 Å². The van der Waals surface area contributed by atoms with Gasteiger partial charge < -0.3 is 19.4 Å². The lowest BCUT2D eigenvalue weighted by Gasteiger charge is -2.29. The van der Waals surface area contributed by atoms with E-state index in [0.29, 0.717) is 32.0 Å². The minimum Gasteiger partial charge on any atom is -0.378 e. The van der Waals surface area contributed by atoms with E-state index in [1.54, 1.807) is 17.3 Å². The lowest BCUT2D eigenvalue weighted by atomic mass is 10.1. The molecule has 0 N–H and O–H groups in total. The zero-order valence-corrected chi connectivity index (χ0v) is 14.5. The fourth-order valence-corrected chi connectivity index (χ4v) is 3.16. The van der Waals surface area contributed by atoms with Crippen molar-refractivity contribution < 1.29 is 9.53 Å².